The number of esters is 1. The van der Waals surface area contributed by atoms with Crippen molar-refractivity contribution in [2.45, 2.75) is 6.42 Å². The van der Waals surface area contributed by atoms with E-state index in [0.29, 0.717) is 4.88 Å². The van der Waals surface area contributed by atoms with Crippen LogP contribution in [0, 0.1) is 5.82 Å². The lowest BCUT2D eigenvalue weighted by atomic mass is 10.1. The maximum absolute atomic E-state index is 12.9. The molecule has 1 aromatic heterocycles. The van der Waals surface area contributed by atoms with Crippen molar-refractivity contribution < 1.29 is 23.5 Å². The van der Waals surface area contributed by atoms with Crippen LogP contribution >= 0.6 is 11.3 Å². The van der Waals surface area contributed by atoms with Gasteiger partial charge in [0.2, 0.25) is 5.78 Å². The number of methoxy groups -OCH3 is 1. The second kappa shape index (κ2) is 6.41. The molecule has 0 aliphatic carbocycles. The topological polar surface area (TPSA) is 60.4 Å². The first-order valence-corrected chi connectivity index (χ1v) is 6.83. The number of ether oxygens (including phenoxy) is 1. The van der Waals surface area contributed by atoms with E-state index in [1.54, 1.807) is 24.3 Å². The molecule has 0 fully saturated rings. The smallest absolute Gasteiger partial charge is 0.374 e. The number of carbonyl (C=O) groups excluding carboxylic acids is 3. The lowest BCUT2D eigenvalue weighted by Crippen LogP contribution is -2.18. The van der Waals surface area contributed by atoms with Gasteiger partial charge in [-0.25, -0.2) is 9.18 Å². The molecule has 4 nitrogen and oxygen atoms in total. The molecule has 0 aliphatic heterocycles. The molecule has 1 aromatic carbocycles. The SMILES string of the molecule is COC(=O)C(=O)CC(=O)c1ccc(-c2ccc(F)cc2)s1. The zero-order valence-corrected chi connectivity index (χ0v) is 11.9. The van der Waals surface area contributed by atoms with Gasteiger partial charge in [-0.05, 0) is 29.8 Å². The summed E-state index contributed by atoms with van der Waals surface area (Å²) in [5.74, 6) is -2.68. The largest absolute Gasteiger partial charge is 0.463 e. The van der Waals surface area contributed by atoms with E-state index in [2.05, 4.69) is 4.74 Å². The highest BCUT2D eigenvalue weighted by molar-refractivity contribution is 7.17. The van der Waals surface area contributed by atoms with Crippen LogP contribution in [-0.4, -0.2) is 24.6 Å². The number of rotatable bonds is 5. The van der Waals surface area contributed by atoms with Crippen LogP contribution in [0.3, 0.4) is 0 Å². The number of hydrogen-bond acceptors (Lipinski definition) is 5. The van der Waals surface area contributed by atoms with Crippen LogP contribution in [0.2, 0.25) is 0 Å². The first-order valence-electron chi connectivity index (χ1n) is 6.01. The second-order valence-electron chi connectivity index (χ2n) is 4.19. The molecule has 0 N–H and O–H groups in total. The molecule has 0 spiro atoms. The van der Waals surface area contributed by atoms with Crippen LogP contribution in [0.4, 0.5) is 4.39 Å². The summed E-state index contributed by atoms with van der Waals surface area (Å²) in [7, 11) is 1.09. The van der Waals surface area contributed by atoms with E-state index in [9.17, 15) is 18.8 Å². The van der Waals surface area contributed by atoms with Crippen LogP contribution in [0.15, 0.2) is 36.4 Å². The molecule has 2 aromatic rings. The van der Waals surface area contributed by atoms with Crippen molar-refractivity contribution in [1.82, 2.24) is 0 Å². The number of halogens is 1. The summed E-state index contributed by atoms with van der Waals surface area (Å²) in [4.78, 5) is 35.4. The standard InChI is InChI=1S/C15H11FO4S/c1-20-15(19)12(18)8-11(17)14-7-6-13(21-14)9-2-4-10(16)5-3-9/h2-7H,8H2,1H3. The third kappa shape index (κ3) is 3.61. The van der Waals surface area contributed by atoms with Gasteiger partial charge in [0.1, 0.15) is 5.82 Å². The molecule has 2 rings (SSSR count). The van der Waals surface area contributed by atoms with Gasteiger partial charge in [-0.1, -0.05) is 12.1 Å². The fraction of sp³-hybridized carbons (Fsp3) is 0.133. The van der Waals surface area contributed by atoms with E-state index in [1.165, 1.54) is 23.5 Å². The number of carbonyl (C=O) groups is 3. The Bertz CT molecular complexity index is 688. The van der Waals surface area contributed by atoms with Gasteiger partial charge in [0.25, 0.3) is 0 Å². The molecule has 108 valence electrons. The summed E-state index contributed by atoms with van der Waals surface area (Å²) < 4.78 is 17.1. The molecular weight excluding hydrogens is 295 g/mol. The van der Waals surface area contributed by atoms with E-state index in [4.69, 9.17) is 0 Å². The Morgan fingerprint density at radius 2 is 1.76 bits per heavy atom. The zero-order valence-electron chi connectivity index (χ0n) is 11.1. The summed E-state index contributed by atoms with van der Waals surface area (Å²) in [6, 6.07) is 9.17. The molecular formula is C15H11FO4S. The molecule has 0 saturated heterocycles. The lowest BCUT2D eigenvalue weighted by Gasteiger charge is -1.98. The molecule has 1 heterocycles. The summed E-state index contributed by atoms with van der Waals surface area (Å²) in [6.45, 7) is 0. The zero-order chi connectivity index (χ0) is 15.4. The van der Waals surface area contributed by atoms with Gasteiger partial charge < -0.3 is 4.74 Å². The van der Waals surface area contributed by atoms with Crippen molar-refractivity contribution in [2.24, 2.45) is 0 Å². The average Bonchev–Trinajstić information content (AvgIpc) is 2.97. The highest BCUT2D eigenvalue weighted by atomic mass is 32.1. The van der Waals surface area contributed by atoms with Crippen molar-refractivity contribution >= 4 is 28.9 Å². The molecule has 0 radical (unpaired) electrons. The number of hydrogen-bond donors (Lipinski definition) is 0. The molecule has 0 atom stereocenters. The summed E-state index contributed by atoms with van der Waals surface area (Å²) >= 11 is 1.18. The normalized spacial score (nSPS) is 10.2. The summed E-state index contributed by atoms with van der Waals surface area (Å²) in [5.41, 5.74) is 0.778. The number of ketones is 2. The Morgan fingerprint density at radius 3 is 2.38 bits per heavy atom. The van der Waals surface area contributed by atoms with E-state index < -0.39 is 24.0 Å². The molecule has 0 saturated carbocycles. The Labute approximate surface area is 124 Å². The van der Waals surface area contributed by atoms with Crippen LogP contribution < -0.4 is 0 Å². The van der Waals surface area contributed by atoms with Crippen LogP contribution in [0.5, 0.6) is 0 Å². The van der Waals surface area contributed by atoms with E-state index in [0.717, 1.165) is 17.6 Å². The van der Waals surface area contributed by atoms with Crippen LogP contribution in [0.25, 0.3) is 10.4 Å². The minimum absolute atomic E-state index is 0.338. The Kier molecular flexibility index (Phi) is 4.59. The third-order valence-electron chi connectivity index (χ3n) is 2.74. The van der Waals surface area contributed by atoms with Crippen molar-refractivity contribution in [3.05, 3.63) is 47.1 Å². The minimum atomic E-state index is -1.03. The average molecular weight is 306 g/mol. The number of Topliss-reactive ketones (excluding diaryl/α,β-unsaturated/α-hetero) is 2. The van der Waals surface area contributed by atoms with Crippen molar-refractivity contribution in [3.63, 3.8) is 0 Å². The number of benzene rings is 1. The number of thiophene rings is 1. The molecule has 0 aliphatic rings. The second-order valence-corrected chi connectivity index (χ2v) is 5.27. The van der Waals surface area contributed by atoms with Crippen molar-refractivity contribution in [3.8, 4) is 10.4 Å². The molecule has 0 amide bonds. The van der Waals surface area contributed by atoms with Crippen molar-refractivity contribution in [1.29, 1.82) is 0 Å². The highest BCUT2D eigenvalue weighted by Crippen LogP contribution is 2.28. The molecule has 6 heteroatoms. The van der Waals surface area contributed by atoms with E-state index in [-0.39, 0.29) is 5.82 Å². The third-order valence-corrected chi connectivity index (χ3v) is 3.92. The van der Waals surface area contributed by atoms with Crippen LogP contribution in [-0.2, 0) is 14.3 Å². The molecule has 0 bridgehead atoms. The maximum Gasteiger partial charge on any atom is 0.374 e. The first-order chi connectivity index (χ1) is 10.0. The van der Waals surface area contributed by atoms with Gasteiger partial charge in [0.15, 0.2) is 5.78 Å². The van der Waals surface area contributed by atoms with E-state index >= 15 is 0 Å². The van der Waals surface area contributed by atoms with Crippen LogP contribution in [0.1, 0.15) is 16.1 Å². The predicted molar refractivity (Wildman–Crippen MR) is 75.7 cm³/mol. The summed E-state index contributed by atoms with van der Waals surface area (Å²) in [5, 5.41) is 0. The Hall–Kier alpha value is -2.34. The monoisotopic (exact) mass is 306 g/mol. The van der Waals surface area contributed by atoms with Gasteiger partial charge >= 0.3 is 5.97 Å². The highest BCUT2D eigenvalue weighted by Gasteiger charge is 2.20. The quantitative estimate of drug-likeness (QED) is 0.369. The van der Waals surface area contributed by atoms with Crippen molar-refractivity contribution in [2.75, 3.05) is 7.11 Å². The van der Waals surface area contributed by atoms with Gasteiger partial charge in [-0.2, -0.15) is 0 Å². The Balaban J connectivity index is 2.12. The van der Waals surface area contributed by atoms with Gasteiger partial charge in [-0.15, -0.1) is 11.3 Å². The molecule has 21 heavy (non-hydrogen) atoms. The summed E-state index contributed by atoms with van der Waals surface area (Å²) in [6.07, 6.45) is -0.518. The fourth-order valence-corrected chi connectivity index (χ4v) is 2.63. The van der Waals surface area contributed by atoms with Gasteiger partial charge in [0.05, 0.1) is 18.4 Å². The maximum atomic E-state index is 12.9. The Morgan fingerprint density at radius 1 is 1.10 bits per heavy atom. The van der Waals surface area contributed by atoms with Gasteiger partial charge in [0, 0.05) is 4.88 Å². The lowest BCUT2D eigenvalue weighted by molar-refractivity contribution is -0.151. The van der Waals surface area contributed by atoms with Gasteiger partial charge in [-0.3, -0.25) is 9.59 Å². The fourth-order valence-electron chi connectivity index (χ4n) is 1.68. The molecule has 0 unspecified atom stereocenters. The predicted octanol–water partition coefficient (Wildman–Crippen LogP) is 2.87. The van der Waals surface area contributed by atoms with E-state index in [1.807, 2.05) is 0 Å². The first kappa shape index (κ1) is 15.1. The minimum Gasteiger partial charge on any atom is -0.463 e.